The van der Waals surface area contributed by atoms with Crippen molar-refractivity contribution in [1.82, 2.24) is 15.6 Å². The summed E-state index contributed by atoms with van der Waals surface area (Å²) in [6, 6.07) is 4.15. The number of aryl methyl sites for hydroxylation is 1. The van der Waals surface area contributed by atoms with Gasteiger partial charge in [0.25, 0.3) is 0 Å². The number of piperidine rings is 1. The third kappa shape index (κ3) is 4.38. The van der Waals surface area contributed by atoms with Gasteiger partial charge >= 0.3 is 6.03 Å². The van der Waals surface area contributed by atoms with Crippen molar-refractivity contribution >= 4 is 11.8 Å². The number of pyridine rings is 1. The zero-order valence-corrected chi connectivity index (χ0v) is 14.4. The van der Waals surface area contributed by atoms with Crippen molar-refractivity contribution in [3.8, 4) is 0 Å². The molecule has 0 spiro atoms. The first-order chi connectivity index (χ1) is 11.5. The van der Waals surface area contributed by atoms with Crippen molar-refractivity contribution in [3.05, 3.63) is 23.9 Å². The minimum atomic E-state index is -0.697. The van der Waals surface area contributed by atoms with E-state index in [0.29, 0.717) is 6.54 Å². The Bertz CT molecular complexity index is 547. The van der Waals surface area contributed by atoms with E-state index in [0.717, 1.165) is 63.0 Å². The Kier molecular flexibility index (Phi) is 5.23. The van der Waals surface area contributed by atoms with Crippen molar-refractivity contribution in [2.75, 3.05) is 24.5 Å². The van der Waals surface area contributed by atoms with Gasteiger partial charge in [-0.05, 0) is 44.2 Å². The maximum Gasteiger partial charge on any atom is 0.315 e. The Morgan fingerprint density at radius 2 is 2.04 bits per heavy atom. The van der Waals surface area contributed by atoms with Crippen molar-refractivity contribution in [2.45, 2.75) is 57.1 Å². The molecule has 2 heterocycles. The predicted octanol–water partition coefficient (Wildman–Crippen LogP) is 1.96. The fourth-order valence-corrected chi connectivity index (χ4v) is 3.59. The zero-order chi connectivity index (χ0) is 17.0. The van der Waals surface area contributed by atoms with E-state index in [1.54, 1.807) is 0 Å². The van der Waals surface area contributed by atoms with Gasteiger partial charge in [0.2, 0.25) is 0 Å². The van der Waals surface area contributed by atoms with Gasteiger partial charge < -0.3 is 20.6 Å². The molecule has 0 aromatic carbocycles. The van der Waals surface area contributed by atoms with E-state index < -0.39 is 5.60 Å². The largest absolute Gasteiger partial charge is 0.388 e. The number of aliphatic hydroxyl groups is 1. The Morgan fingerprint density at radius 3 is 2.67 bits per heavy atom. The molecule has 0 unspecified atom stereocenters. The Labute approximate surface area is 143 Å². The van der Waals surface area contributed by atoms with Crippen molar-refractivity contribution < 1.29 is 9.90 Å². The molecule has 1 aliphatic heterocycles. The quantitative estimate of drug-likeness (QED) is 0.788. The highest BCUT2D eigenvalue weighted by atomic mass is 16.3. The second kappa shape index (κ2) is 7.38. The molecule has 1 saturated heterocycles. The van der Waals surface area contributed by atoms with Crippen molar-refractivity contribution in [3.63, 3.8) is 0 Å². The van der Waals surface area contributed by atoms with Crippen LogP contribution in [-0.2, 0) is 0 Å². The lowest BCUT2D eigenvalue weighted by Crippen LogP contribution is -2.50. The van der Waals surface area contributed by atoms with E-state index in [2.05, 4.69) is 32.7 Å². The lowest BCUT2D eigenvalue weighted by atomic mass is 10.0. The number of nitrogens with one attached hydrogen (secondary N) is 2. The molecule has 6 nitrogen and oxygen atoms in total. The number of nitrogens with zero attached hydrogens (tertiary/aromatic N) is 2. The summed E-state index contributed by atoms with van der Waals surface area (Å²) >= 11 is 0. The molecule has 3 N–H and O–H groups in total. The van der Waals surface area contributed by atoms with E-state index in [9.17, 15) is 9.90 Å². The number of carbonyl (C=O) groups excluding carboxylic acids is 1. The SMILES string of the molecule is Cc1ccc(N2CCC(NC(=O)NCC3(O)CCCC3)CC2)nc1. The van der Waals surface area contributed by atoms with Gasteiger partial charge in [-0.1, -0.05) is 18.9 Å². The summed E-state index contributed by atoms with van der Waals surface area (Å²) in [6.45, 7) is 4.18. The van der Waals surface area contributed by atoms with Gasteiger partial charge in [-0.15, -0.1) is 0 Å². The molecule has 1 aliphatic carbocycles. The second-order valence-electron chi connectivity index (χ2n) is 7.21. The smallest absolute Gasteiger partial charge is 0.315 e. The van der Waals surface area contributed by atoms with Crippen LogP contribution in [0.1, 0.15) is 44.1 Å². The third-order valence-corrected chi connectivity index (χ3v) is 5.16. The van der Waals surface area contributed by atoms with Crippen LogP contribution in [0.15, 0.2) is 18.3 Å². The van der Waals surface area contributed by atoms with E-state index in [1.165, 1.54) is 0 Å². The fraction of sp³-hybridized carbons (Fsp3) is 0.667. The van der Waals surface area contributed by atoms with Crippen LogP contribution in [0.5, 0.6) is 0 Å². The van der Waals surface area contributed by atoms with Crippen LogP contribution < -0.4 is 15.5 Å². The average molecular weight is 332 g/mol. The van der Waals surface area contributed by atoms with Crippen molar-refractivity contribution in [2.24, 2.45) is 0 Å². The van der Waals surface area contributed by atoms with Gasteiger partial charge in [0.05, 0.1) is 5.60 Å². The summed E-state index contributed by atoms with van der Waals surface area (Å²) < 4.78 is 0. The van der Waals surface area contributed by atoms with Crippen LogP contribution in [0.25, 0.3) is 0 Å². The van der Waals surface area contributed by atoms with E-state index in [4.69, 9.17) is 0 Å². The first kappa shape index (κ1) is 17.0. The second-order valence-corrected chi connectivity index (χ2v) is 7.21. The van der Waals surface area contributed by atoms with Crippen LogP contribution in [0.4, 0.5) is 10.6 Å². The number of hydrogen-bond donors (Lipinski definition) is 3. The van der Waals surface area contributed by atoms with Crippen LogP contribution >= 0.6 is 0 Å². The molecule has 1 saturated carbocycles. The molecule has 24 heavy (non-hydrogen) atoms. The van der Waals surface area contributed by atoms with E-state index >= 15 is 0 Å². The van der Waals surface area contributed by atoms with Crippen LogP contribution in [-0.4, -0.2) is 47.4 Å². The Balaban J connectivity index is 1.40. The summed E-state index contributed by atoms with van der Waals surface area (Å²) in [6.07, 6.45) is 7.38. The van der Waals surface area contributed by atoms with Gasteiger partial charge in [-0.25, -0.2) is 9.78 Å². The van der Waals surface area contributed by atoms with E-state index in [-0.39, 0.29) is 12.1 Å². The van der Waals surface area contributed by atoms with Gasteiger partial charge in [0.15, 0.2) is 0 Å². The molecule has 6 heteroatoms. The summed E-state index contributed by atoms with van der Waals surface area (Å²) in [7, 11) is 0. The zero-order valence-electron chi connectivity index (χ0n) is 14.4. The summed E-state index contributed by atoms with van der Waals surface area (Å²) in [5.41, 5.74) is 0.466. The Hall–Kier alpha value is -1.82. The highest BCUT2D eigenvalue weighted by Crippen LogP contribution is 2.28. The maximum atomic E-state index is 12.0. The molecular weight excluding hydrogens is 304 g/mol. The predicted molar refractivity (Wildman–Crippen MR) is 94.2 cm³/mol. The number of hydrogen-bond acceptors (Lipinski definition) is 4. The molecule has 0 atom stereocenters. The number of amides is 2. The molecule has 2 aliphatic rings. The molecule has 2 amide bonds. The van der Waals surface area contributed by atoms with Gasteiger partial charge in [0.1, 0.15) is 5.82 Å². The maximum absolute atomic E-state index is 12.0. The molecule has 0 bridgehead atoms. The normalized spacial score (nSPS) is 20.8. The number of urea groups is 1. The topological polar surface area (TPSA) is 77.5 Å². The molecule has 1 aromatic rings. The average Bonchev–Trinajstić information content (AvgIpc) is 3.02. The van der Waals surface area contributed by atoms with Crippen molar-refractivity contribution in [1.29, 1.82) is 0 Å². The molecular formula is C18H28N4O2. The lowest BCUT2D eigenvalue weighted by Gasteiger charge is -2.33. The van der Waals surface area contributed by atoms with Crippen LogP contribution in [0.3, 0.4) is 0 Å². The first-order valence-electron chi connectivity index (χ1n) is 8.98. The van der Waals surface area contributed by atoms with Gasteiger partial charge in [0, 0.05) is 31.9 Å². The summed E-state index contributed by atoms with van der Waals surface area (Å²) in [4.78, 5) is 18.8. The highest BCUT2D eigenvalue weighted by Gasteiger charge is 2.31. The third-order valence-electron chi connectivity index (χ3n) is 5.16. The van der Waals surface area contributed by atoms with Gasteiger partial charge in [-0.3, -0.25) is 0 Å². The Morgan fingerprint density at radius 1 is 1.33 bits per heavy atom. The molecule has 2 fully saturated rings. The summed E-state index contributed by atoms with van der Waals surface area (Å²) in [5.74, 6) is 1.01. The first-order valence-corrected chi connectivity index (χ1v) is 8.98. The molecule has 3 rings (SSSR count). The molecule has 132 valence electrons. The van der Waals surface area contributed by atoms with Crippen LogP contribution in [0.2, 0.25) is 0 Å². The fourth-order valence-electron chi connectivity index (χ4n) is 3.59. The minimum Gasteiger partial charge on any atom is -0.388 e. The highest BCUT2D eigenvalue weighted by molar-refractivity contribution is 5.74. The van der Waals surface area contributed by atoms with Gasteiger partial charge in [-0.2, -0.15) is 0 Å². The summed E-state index contributed by atoms with van der Waals surface area (Å²) in [5, 5.41) is 16.1. The van der Waals surface area contributed by atoms with Crippen LogP contribution in [0, 0.1) is 6.92 Å². The monoisotopic (exact) mass is 332 g/mol. The molecule has 0 radical (unpaired) electrons. The lowest BCUT2D eigenvalue weighted by molar-refractivity contribution is 0.0500. The molecule has 1 aromatic heterocycles. The number of aromatic nitrogens is 1. The standard InChI is InChI=1S/C18H28N4O2/c1-14-4-5-16(19-12-14)22-10-6-15(7-11-22)21-17(23)20-13-18(24)8-2-3-9-18/h4-5,12,15,24H,2-3,6-11,13H2,1H3,(H2,20,21,23). The number of carbonyl (C=O) groups is 1. The number of rotatable bonds is 4. The van der Waals surface area contributed by atoms with E-state index in [1.807, 2.05) is 13.1 Å². The minimum absolute atomic E-state index is 0.165. The number of anilines is 1.